The molecule has 4 amide bonds. The normalized spacial score (nSPS) is 20.8. The first kappa shape index (κ1) is 15.7. The fourth-order valence-electron chi connectivity index (χ4n) is 2.24. The first-order valence-electron chi connectivity index (χ1n) is 6.89. The number of imide groups is 1. The Hall–Kier alpha value is -2.70. The van der Waals surface area contributed by atoms with E-state index >= 15 is 0 Å². The molecule has 1 aliphatic rings. The van der Waals surface area contributed by atoms with Crippen molar-refractivity contribution in [3.8, 4) is 0 Å². The van der Waals surface area contributed by atoms with Gasteiger partial charge in [0, 0.05) is 23.7 Å². The van der Waals surface area contributed by atoms with E-state index in [1.54, 1.807) is 31.2 Å². The fraction of sp³-hybridized carbons (Fsp3) is 0.333. The Kier molecular flexibility index (Phi) is 4.55. The van der Waals surface area contributed by atoms with E-state index in [9.17, 15) is 19.2 Å². The average molecular weight is 303 g/mol. The van der Waals surface area contributed by atoms with Gasteiger partial charge in [0.05, 0.1) is 5.92 Å². The number of anilines is 1. The number of hydrogen-bond donors (Lipinski definition) is 3. The minimum atomic E-state index is -0.616. The van der Waals surface area contributed by atoms with E-state index in [0.717, 1.165) is 0 Å². The molecule has 0 bridgehead atoms. The van der Waals surface area contributed by atoms with Crippen LogP contribution in [0.15, 0.2) is 24.3 Å². The SMILES string of the molecule is CC(=O)c1ccc(NC(=O)CC2C(=O)NC(=O)NC2C)cc1. The first-order valence-corrected chi connectivity index (χ1v) is 6.89. The second-order valence-electron chi connectivity index (χ2n) is 5.24. The van der Waals surface area contributed by atoms with Gasteiger partial charge in [0.2, 0.25) is 11.8 Å². The van der Waals surface area contributed by atoms with E-state index in [-0.39, 0.29) is 18.1 Å². The molecule has 2 rings (SSSR count). The van der Waals surface area contributed by atoms with Gasteiger partial charge in [0.25, 0.3) is 0 Å². The van der Waals surface area contributed by atoms with Crippen LogP contribution < -0.4 is 16.0 Å². The zero-order valence-electron chi connectivity index (χ0n) is 12.3. The van der Waals surface area contributed by atoms with Crippen LogP contribution >= 0.6 is 0 Å². The van der Waals surface area contributed by atoms with Crippen LogP contribution in [0.25, 0.3) is 0 Å². The Morgan fingerprint density at radius 2 is 1.82 bits per heavy atom. The second-order valence-corrected chi connectivity index (χ2v) is 5.24. The minimum absolute atomic E-state index is 0.0399. The van der Waals surface area contributed by atoms with Crippen LogP contribution in [-0.2, 0) is 9.59 Å². The average Bonchev–Trinajstić information content (AvgIpc) is 2.43. The molecule has 116 valence electrons. The van der Waals surface area contributed by atoms with Crippen molar-refractivity contribution in [1.29, 1.82) is 0 Å². The predicted molar refractivity (Wildman–Crippen MR) is 79.3 cm³/mol. The van der Waals surface area contributed by atoms with Crippen LogP contribution in [0.1, 0.15) is 30.6 Å². The summed E-state index contributed by atoms with van der Waals surface area (Å²) in [5, 5.41) is 7.37. The van der Waals surface area contributed by atoms with Crippen molar-refractivity contribution in [2.45, 2.75) is 26.3 Å². The molecule has 1 heterocycles. The largest absolute Gasteiger partial charge is 0.335 e. The number of nitrogens with one attached hydrogen (secondary N) is 3. The molecule has 0 aromatic heterocycles. The summed E-state index contributed by atoms with van der Waals surface area (Å²) in [5.41, 5.74) is 1.10. The summed E-state index contributed by atoms with van der Waals surface area (Å²) in [7, 11) is 0. The summed E-state index contributed by atoms with van der Waals surface area (Å²) in [6.45, 7) is 3.14. The molecular formula is C15H17N3O4. The lowest BCUT2D eigenvalue weighted by atomic mass is 9.94. The molecule has 7 heteroatoms. The highest BCUT2D eigenvalue weighted by atomic mass is 16.2. The summed E-state index contributed by atoms with van der Waals surface area (Å²) in [6.07, 6.45) is -0.0399. The number of Topliss-reactive ketones (excluding diaryl/α,β-unsaturated/α-hetero) is 1. The third-order valence-corrected chi connectivity index (χ3v) is 3.52. The Morgan fingerprint density at radius 1 is 1.18 bits per heavy atom. The number of amides is 4. The van der Waals surface area contributed by atoms with Crippen LogP contribution in [0.4, 0.5) is 10.5 Å². The molecule has 1 aliphatic heterocycles. The molecule has 7 nitrogen and oxygen atoms in total. The third-order valence-electron chi connectivity index (χ3n) is 3.52. The summed E-state index contributed by atoms with van der Waals surface area (Å²) in [6, 6.07) is 5.53. The quantitative estimate of drug-likeness (QED) is 0.723. The number of rotatable bonds is 4. The molecule has 0 radical (unpaired) electrons. The molecule has 1 fully saturated rings. The number of carbonyl (C=O) groups is 4. The Bertz CT molecular complexity index is 624. The van der Waals surface area contributed by atoms with Gasteiger partial charge in [-0.25, -0.2) is 4.79 Å². The van der Waals surface area contributed by atoms with Gasteiger partial charge in [0.15, 0.2) is 5.78 Å². The third kappa shape index (κ3) is 3.69. The van der Waals surface area contributed by atoms with Crippen LogP contribution in [0.5, 0.6) is 0 Å². The zero-order chi connectivity index (χ0) is 16.3. The van der Waals surface area contributed by atoms with E-state index in [1.165, 1.54) is 6.92 Å². The predicted octanol–water partition coefficient (Wildman–Crippen LogP) is 1.06. The van der Waals surface area contributed by atoms with Crippen molar-refractivity contribution >= 4 is 29.3 Å². The highest BCUT2D eigenvalue weighted by Gasteiger charge is 2.34. The monoisotopic (exact) mass is 303 g/mol. The lowest BCUT2D eigenvalue weighted by molar-refractivity contribution is -0.129. The lowest BCUT2D eigenvalue weighted by Gasteiger charge is -2.28. The van der Waals surface area contributed by atoms with Crippen molar-refractivity contribution in [2.24, 2.45) is 5.92 Å². The first-order chi connectivity index (χ1) is 10.4. The molecule has 0 aliphatic carbocycles. The van der Waals surface area contributed by atoms with Crippen molar-refractivity contribution < 1.29 is 19.2 Å². The van der Waals surface area contributed by atoms with Crippen LogP contribution in [0.3, 0.4) is 0 Å². The molecule has 1 aromatic carbocycles. The Balaban J connectivity index is 1.96. The van der Waals surface area contributed by atoms with Gasteiger partial charge >= 0.3 is 6.03 Å². The topological polar surface area (TPSA) is 104 Å². The number of ketones is 1. The molecule has 2 unspecified atom stereocenters. The van der Waals surface area contributed by atoms with E-state index in [1.807, 2.05) is 0 Å². The zero-order valence-corrected chi connectivity index (χ0v) is 12.3. The van der Waals surface area contributed by atoms with Gasteiger partial charge in [-0.15, -0.1) is 0 Å². The maximum absolute atomic E-state index is 12.0. The Morgan fingerprint density at radius 3 is 2.36 bits per heavy atom. The smallest absolute Gasteiger partial charge is 0.321 e. The fourth-order valence-corrected chi connectivity index (χ4v) is 2.24. The van der Waals surface area contributed by atoms with Crippen LogP contribution in [-0.4, -0.2) is 29.7 Å². The maximum Gasteiger partial charge on any atom is 0.321 e. The molecule has 2 atom stereocenters. The number of urea groups is 1. The standard InChI is InChI=1S/C15H17N3O4/c1-8-12(14(21)18-15(22)16-8)7-13(20)17-11-5-3-10(4-6-11)9(2)19/h3-6,8,12H,7H2,1-2H3,(H,17,20)(H2,16,18,21,22). The van der Waals surface area contributed by atoms with E-state index in [0.29, 0.717) is 11.3 Å². The van der Waals surface area contributed by atoms with Crippen molar-refractivity contribution in [3.63, 3.8) is 0 Å². The minimum Gasteiger partial charge on any atom is -0.335 e. The number of benzene rings is 1. The van der Waals surface area contributed by atoms with Gasteiger partial charge in [-0.2, -0.15) is 0 Å². The van der Waals surface area contributed by atoms with Gasteiger partial charge in [-0.05, 0) is 38.1 Å². The van der Waals surface area contributed by atoms with E-state index in [2.05, 4.69) is 16.0 Å². The maximum atomic E-state index is 12.0. The van der Waals surface area contributed by atoms with Crippen molar-refractivity contribution in [3.05, 3.63) is 29.8 Å². The summed E-state index contributed by atoms with van der Waals surface area (Å²) >= 11 is 0. The highest BCUT2D eigenvalue weighted by Crippen LogP contribution is 2.15. The van der Waals surface area contributed by atoms with E-state index < -0.39 is 23.9 Å². The molecule has 0 saturated carbocycles. The molecule has 1 saturated heterocycles. The van der Waals surface area contributed by atoms with Crippen LogP contribution in [0.2, 0.25) is 0 Å². The summed E-state index contributed by atoms with van der Waals surface area (Å²) in [5.74, 6) is -1.47. The highest BCUT2D eigenvalue weighted by molar-refractivity contribution is 6.01. The van der Waals surface area contributed by atoms with Gasteiger partial charge in [-0.3, -0.25) is 19.7 Å². The van der Waals surface area contributed by atoms with Gasteiger partial charge < -0.3 is 10.6 Å². The molecule has 1 aromatic rings. The molecule has 22 heavy (non-hydrogen) atoms. The van der Waals surface area contributed by atoms with Crippen molar-refractivity contribution in [2.75, 3.05) is 5.32 Å². The van der Waals surface area contributed by atoms with E-state index in [4.69, 9.17) is 0 Å². The van der Waals surface area contributed by atoms with Gasteiger partial charge in [0.1, 0.15) is 0 Å². The Labute approximate surface area is 127 Å². The summed E-state index contributed by atoms with van der Waals surface area (Å²) in [4.78, 5) is 46.0. The molecule has 0 spiro atoms. The second kappa shape index (κ2) is 6.38. The number of hydrogen-bond acceptors (Lipinski definition) is 4. The lowest BCUT2D eigenvalue weighted by Crippen LogP contribution is -2.57. The molecule has 3 N–H and O–H groups in total. The molecular weight excluding hydrogens is 286 g/mol. The van der Waals surface area contributed by atoms with Crippen molar-refractivity contribution in [1.82, 2.24) is 10.6 Å². The number of carbonyl (C=O) groups excluding carboxylic acids is 4. The summed E-state index contributed by atoms with van der Waals surface area (Å²) < 4.78 is 0. The van der Waals surface area contributed by atoms with Gasteiger partial charge in [-0.1, -0.05) is 0 Å². The van der Waals surface area contributed by atoms with Crippen LogP contribution in [0, 0.1) is 5.92 Å².